The Labute approximate surface area is 111 Å². The van der Waals surface area contributed by atoms with Gasteiger partial charge in [-0.15, -0.1) is 0 Å². The van der Waals surface area contributed by atoms with Gasteiger partial charge < -0.3 is 0 Å². The van der Waals surface area contributed by atoms with Gasteiger partial charge in [0.05, 0.1) is 0 Å². The van der Waals surface area contributed by atoms with Crippen LogP contribution in [0.15, 0.2) is 24.3 Å². The smallest absolute Gasteiger partial charge is 0.130 e. The molecular weight excluding hydrogens is 242 g/mol. The molecule has 0 amide bonds. The fourth-order valence-electron chi connectivity index (χ4n) is 3.72. The Morgan fingerprint density at radius 3 is 1.83 bits per heavy atom. The first kappa shape index (κ1) is 12.6. The molecule has 98 valence electrons. The van der Waals surface area contributed by atoms with Crippen LogP contribution < -0.4 is 5.30 Å². The molecule has 2 aliphatic carbocycles. The molecule has 18 heavy (non-hydrogen) atoms. The van der Waals surface area contributed by atoms with E-state index < -0.39 is 0 Å². The molecule has 0 saturated heterocycles. The van der Waals surface area contributed by atoms with Crippen molar-refractivity contribution in [2.24, 2.45) is 0 Å². The molecule has 1 aromatic carbocycles. The molecule has 2 saturated carbocycles. The molecule has 2 heteroatoms. The van der Waals surface area contributed by atoms with Gasteiger partial charge in [0.15, 0.2) is 0 Å². The maximum Gasteiger partial charge on any atom is 0.130 e. The number of benzene rings is 1. The second-order valence-corrected chi connectivity index (χ2v) is 8.49. The van der Waals surface area contributed by atoms with Gasteiger partial charge in [-0.3, -0.25) is 0 Å². The lowest BCUT2D eigenvalue weighted by Crippen LogP contribution is -2.21. The minimum atomic E-state index is -0.254. The molecule has 1 aromatic rings. The normalized spacial score (nSPS) is 22.1. The quantitative estimate of drug-likeness (QED) is 0.687. The van der Waals surface area contributed by atoms with E-state index in [0.29, 0.717) is 0 Å². The molecule has 2 fully saturated rings. The standard InChI is InChI=1S/C16H22FP/c17-15-11-5-6-12-16(15)18(13-7-1-2-8-13)14-9-3-4-10-14/h5-6,11-14H,1-4,7-10H2. The molecule has 0 spiro atoms. The Hall–Kier alpha value is -0.420. The minimum Gasteiger partial charge on any atom is -0.206 e. The first-order valence-electron chi connectivity index (χ1n) is 7.39. The summed E-state index contributed by atoms with van der Waals surface area (Å²) in [6.07, 6.45) is 10.8. The third-order valence-corrected chi connectivity index (χ3v) is 8.09. The zero-order valence-corrected chi connectivity index (χ0v) is 11.8. The summed E-state index contributed by atoms with van der Waals surface area (Å²) < 4.78 is 14.2. The van der Waals surface area contributed by atoms with E-state index in [1.165, 1.54) is 51.4 Å². The molecule has 0 radical (unpaired) electrons. The van der Waals surface area contributed by atoms with Crippen molar-refractivity contribution < 1.29 is 4.39 Å². The Balaban J connectivity index is 1.90. The highest BCUT2D eigenvalue weighted by molar-refractivity contribution is 7.67. The van der Waals surface area contributed by atoms with E-state index in [1.54, 1.807) is 6.07 Å². The van der Waals surface area contributed by atoms with Crippen LogP contribution in [0.25, 0.3) is 0 Å². The number of rotatable bonds is 3. The zero-order chi connectivity index (χ0) is 12.4. The first-order chi connectivity index (χ1) is 8.86. The van der Waals surface area contributed by atoms with E-state index in [-0.39, 0.29) is 13.7 Å². The van der Waals surface area contributed by atoms with Crippen LogP contribution in [0.5, 0.6) is 0 Å². The summed E-state index contributed by atoms with van der Waals surface area (Å²) in [5.74, 6) is 0.0578. The van der Waals surface area contributed by atoms with Crippen molar-refractivity contribution in [3.05, 3.63) is 30.1 Å². The molecule has 0 nitrogen and oxygen atoms in total. The van der Waals surface area contributed by atoms with Gasteiger partial charge in [0, 0.05) is 5.30 Å². The van der Waals surface area contributed by atoms with Crippen molar-refractivity contribution in [2.45, 2.75) is 62.7 Å². The van der Waals surface area contributed by atoms with Crippen LogP contribution in [0.2, 0.25) is 0 Å². The maximum absolute atomic E-state index is 14.2. The van der Waals surface area contributed by atoms with Crippen molar-refractivity contribution in [2.75, 3.05) is 0 Å². The average Bonchev–Trinajstić information content (AvgIpc) is 3.05. The Morgan fingerprint density at radius 1 is 0.833 bits per heavy atom. The van der Waals surface area contributed by atoms with E-state index in [1.807, 2.05) is 12.1 Å². The molecule has 0 heterocycles. The summed E-state index contributed by atoms with van der Waals surface area (Å²) in [7, 11) is -0.254. The topological polar surface area (TPSA) is 0 Å². The van der Waals surface area contributed by atoms with Crippen LogP contribution in [0.3, 0.4) is 0 Å². The molecular formula is C16H22FP. The molecule has 0 atom stereocenters. The lowest BCUT2D eigenvalue weighted by molar-refractivity contribution is 0.635. The molecule has 0 unspecified atom stereocenters. The molecule has 0 bridgehead atoms. The summed E-state index contributed by atoms with van der Waals surface area (Å²) >= 11 is 0. The van der Waals surface area contributed by atoms with E-state index in [4.69, 9.17) is 0 Å². The van der Waals surface area contributed by atoms with Gasteiger partial charge in [0.2, 0.25) is 0 Å². The molecule has 2 aliphatic rings. The van der Waals surface area contributed by atoms with Gasteiger partial charge in [-0.25, -0.2) is 4.39 Å². The zero-order valence-electron chi connectivity index (χ0n) is 10.9. The van der Waals surface area contributed by atoms with Gasteiger partial charge >= 0.3 is 0 Å². The molecule has 0 aromatic heterocycles. The monoisotopic (exact) mass is 264 g/mol. The second kappa shape index (κ2) is 5.70. The van der Waals surface area contributed by atoms with Crippen LogP contribution in [0.4, 0.5) is 4.39 Å². The summed E-state index contributed by atoms with van der Waals surface area (Å²) in [5.41, 5.74) is 1.61. The predicted molar refractivity (Wildman–Crippen MR) is 77.5 cm³/mol. The maximum atomic E-state index is 14.2. The van der Waals surface area contributed by atoms with Crippen molar-refractivity contribution in [1.29, 1.82) is 0 Å². The van der Waals surface area contributed by atoms with Crippen LogP contribution >= 0.6 is 7.92 Å². The molecule has 0 N–H and O–H groups in total. The minimum absolute atomic E-state index is 0.0578. The summed E-state index contributed by atoms with van der Waals surface area (Å²) in [6, 6.07) is 7.58. The third-order valence-electron chi connectivity index (χ3n) is 4.57. The van der Waals surface area contributed by atoms with E-state index in [9.17, 15) is 4.39 Å². The number of hydrogen-bond acceptors (Lipinski definition) is 0. The van der Waals surface area contributed by atoms with Gasteiger partial charge in [0.1, 0.15) is 5.82 Å². The highest BCUT2D eigenvalue weighted by Crippen LogP contribution is 2.56. The third kappa shape index (κ3) is 2.48. The fraction of sp³-hybridized carbons (Fsp3) is 0.625. The van der Waals surface area contributed by atoms with Gasteiger partial charge in [-0.2, -0.15) is 0 Å². The van der Waals surface area contributed by atoms with E-state index in [0.717, 1.165) is 16.6 Å². The van der Waals surface area contributed by atoms with Crippen molar-refractivity contribution in [3.63, 3.8) is 0 Å². The largest absolute Gasteiger partial charge is 0.206 e. The molecule has 0 aliphatic heterocycles. The van der Waals surface area contributed by atoms with E-state index >= 15 is 0 Å². The lowest BCUT2D eigenvalue weighted by Gasteiger charge is -2.30. The summed E-state index contributed by atoms with van der Waals surface area (Å²) in [6.45, 7) is 0. The first-order valence-corrected chi connectivity index (χ1v) is 8.87. The Kier molecular flexibility index (Phi) is 3.99. The van der Waals surface area contributed by atoms with Gasteiger partial charge in [-0.05, 0) is 43.1 Å². The van der Waals surface area contributed by atoms with Crippen molar-refractivity contribution >= 4 is 13.2 Å². The number of hydrogen-bond donors (Lipinski definition) is 0. The average molecular weight is 264 g/mol. The SMILES string of the molecule is Fc1ccccc1P(C1CCCC1)C1CCCC1. The fourth-order valence-corrected chi connectivity index (χ4v) is 7.52. The predicted octanol–water partition coefficient (Wildman–Crippen LogP) is 4.82. The molecule has 3 rings (SSSR count). The lowest BCUT2D eigenvalue weighted by atomic mass is 10.3. The van der Waals surface area contributed by atoms with Crippen molar-refractivity contribution in [1.82, 2.24) is 0 Å². The van der Waals surface area contributed by atoms with Gasteiger partial charge in [-0.1, -0.05) is 51.8 Å². The van der Waals surface area contributed by atoms with Crippen LogP contribution in [0, 0.1) is 5.82 Å². The van der Waals surface area contributed by atoms with Crippen LogP contribution in [-0.2, 0) is 0 Å². The summed E-state index contributed by atoms with van der Waals surface area (Å²) in [5, 5.41) is 1.08. The Bertz CT molecular complexity index is 376. The van der Waals surface area contributed by atoms with Gasteiger partial charge in [0.25, 0.3) is 0 Å². The Morgan fingerprint density at radius 2 is 1.33 bits per heavy atom. The van der Waals surface area contributed by atoms with Crippen molar-refractivity contribution in [3.8, 4) is 0 Å². The highest BCUT2D eigenvalue weighted by Gasteiger charge is 2.34. The number of halogens is 1. The van der Waals surface area contributed by atoms with Crippen LogP contribution in [-0.4, -0.2) is 11.3 Å². The van der Waals surface area contributed by atoms with Crippen LogP contribution in [0.1, 0.15) is 51.4 Å². The van der Waals surface area contributed by atoms with E-state index in [2.05, 4.69) is 6.07 Å². The second-order valence-electron chi connectivity index (χ2n) is 5.74. The highest BCUT2D eigenvalue weighted by atomic mass is 31.1. The summed E-state index contributed by atoms with van der Waals surface area (Å²) in [4.78, 5) is 0.